The van der Waals surface area contributed by atoms with Crippen molar-refractivity contribution in [1.82, 2.24) is 9.97 Å². The van der Waals surface area contributed by atoms with Crippen molar-refractivity contribution in [3.05, 3.63) is 52.5 Å². The molecule has 112 valence electrons. The second-order valence-corrected chi connectivity index (χ2v) is 5.79. The van der Waals surface area contributed by atoms with E-state index in [1.165, 1.54) is 0 Å². The van der Waals surface area contributed by atoms with Gasteiger partial charge in [0.15, 0.2) is 0 Å². The molecule has 1 heterocycles. The normalized spacial score (nSPS) is 10.9. The van der Waals surface area contributed by atoms with E-state index in [1.54, 1.807) is 6.92 Å². The minimum absolute atomic E-state index is 0.146. The van der Waals surface area contributed by atoms with Crippen LogP contribution in [0.5, 0.6) is 0 Å². The minimum Gasteiger partial charge on any atom is -0.324 e. The van der Waals surface area contributed by atoms with Crippen LogP contribution in [0.1, 0.15) is 18.1 Å². The van der Waals surface area contributed by atoms with Crippen LogP contribution in [0.15, 0.2) is 36.4 Å². The summed E-state index contributed by atoms with van der Waals surface area (Å²) in [6.07, 6.45) is 0.434. The third-order valence-electron chi connectivity index (χ3n) is 3.42. The molecule has 22 heavy (non-hydrogen) atoms. The third-order valence-corrected chi connectivity index (χ3v) is 3.75. The number of carbonyl (C=O) groups excluding carboxylic acids is 1. The van der Waals surface area contributed by atoms with E-state index in [-0.39, 0.29) is 5.78 Å². The third kappa shape index (κ3) is 2.97. The molecule has 3 aromatic rings. The van der Waals surface area contributed by atoms with E-state index in [0.29, 0.717) is 17.4 Å². The fourth-order valence-corrected chi connectivity index (χ4v) is 2.69. The smallest absolute Gasteiger partial charge is 0.205 e. The second kappa shape index (κ2) is 5.81. The second-order valence-electron chi connectivity index (χ2n) is 5.38. The van der Waals surface area contributed by atoms with Crippen LogP contribution in [0, 0.1) is 6.92 Å². The first-order chi connectivity index (χ1) is 10.5. The molecule has 0 amide bonds. The van der Waals surface area contributed by atoms with Gasteiger partial charge in [-0.2, -0.15) is 0 Å². The number of imidazole rings is 1. The molecule has 2 N–H and O–H groups in total. The molecule has 0 spiro atoms. The van der Waals surface area contributed by atoms with Crippen LogP contribution in [0.25, 0.3) is 11.0 Å². The Morgan fingerprint density at radius 2 is 2.09 bits per heavy atom. The predicted molar refractivity (Wildman–Crippen MR) is 90.0 cm³/mol. The summed E-state index contributed by atoms with van der Waals surface area (Å²) in [6, 6.07) is 11.5. The molecule has 0 bridgehead atoms. The van der Waals surface area contributed by atoms with Crippen LogP contribution in [0.2, 0.25) is 5.02 Å². The average Bonchev–Trinajstić information content (AvgIpc) is 2.84. The zero-order valence-electron chi connectivity index (χ0n) is 12.4. The van der Waals surface area contributed by atoms with Crippen molar-refractivity contribution >= 4 is 40.1 Å². The molecule has 0 atom stereocenters. The number of carbonyl (C=O) groups is 1. The van der Waals surface area contributed by atoms with E-state index in [9.17, 15) is 4.79 Å². The van der Waals surface area contributed by atoms with Crippen LogP contribution in [0.3, 0.4) is 0 Å². The van der Waals surface area contributed by atoms with Crippen LogP contribution >= 0.6 is 11.6 Å². The summed E-state index contributed by atoms with van der Waals surface area (Å²) < 4.78 is 0. The zero-order chi connectivity index (χ0) is 15.7. The highest BCUT2D eigenvalue weighted by Gasteiger charge is 2.09. The van der Waals surface area contributed by atoms with Gasteiger partial charge in [0.1, 0.15) is 5.78 Å². The van der Waals surface area contributed by atoms with E-state index >= 15 is 0 Å². The van der Waals surface area contributed by atoms with Crippen molar-refractivity contribution in [3.63, 3.8) is 0 Å². The number of fused-ring (bicyclic) bond motifs is 1. The van der Waals surface area contributed by atoms with Crippen molar-refractivity contribution in [2.45, 2.75) is 20.3 Å². The zero-order valence-corrected chi connectivity index (χ0v) is 13.2. The topological polar surface area (TPSA) is 57.8 Å². The standard InChI is InChI=1S/C17H16ClN3O/c1-10-7-12(8-11(2)22)9-15-16(10)21-17(20-15)19-14-6-4-3-5-13(14)18/h3-7,9H,8H2,1-2H3,(H2,19,20,21). The number of aryl methyl sites for hydroxylation is 1. The number of benzene rings is 2. The fraction of sp³-hybridized carbons (Fsp3) is 0.176. The summed E-state index contributed by atoms with van der Waals surface area (Å²) in [7, 11) is 0. The van der Waals surface area contributed by atoms with Gasteiger partial charge in [-0.15, -0.1) is 0 Å². The lowest BCUT2D eigenvalue weighted by Crippen LogP contribution is -1.96. The molecular formula is C17H16ClN3O. The Morgan fingerprint density at radius 1 is 1.32 bits per heavy atom. The summed E-state index contributed by atoms with van der Waals surface area (Å²) >= 11 is 6.14. The largest absolute Gasteiger partial charge is 0.324 e. The molecule has 3 rings (SSSR count). The van der Waals surface area contributed by atoms with Crippen LogP contribution < -0.4 is 5.32 Å². The number of rotatable bonds is 4. The van der Waals surface area contributed by atoms with E-state index in [4.69, 9.17) is 11.6 Å². The van der Waals surface area contributed by atoms with Gasteiger partial charge in [0.25, 0.3) is 0 Å². The maximum Gasteiger partial charge on any atom is 0.205 e. The van der Waals surface area contributed by atoms with Gasteiger partial charge in [0.2, 0.25) is 5.95 Å². The molecule has 0 aliphatic carbocycles. The highest BCUT2D eigenvalue weighted by atomic mass is 35.5. The van der Waals surface area contributed by atoms with Crippen molar-refractivity contribution in [3.8, 4) is 0 Å². The molecule has 0 fully saturated rings. The molecule has 4 nitrogen and oxygen atoms in total. The number of halogens is 1. The number of anilines is 2. The summed E-state index contributed by atoms with van der Waals surface area (Å²) in [6.45, 7) is 3.59. The van der Waals surface area contributed by atoms with Crippen LogP contribution in [0.4, 0.5) is 11.6 Å². The maximum atomic E-state index is 11.3. The number of Topliss-reactive ketones (excluding diaryl/α,β-unsaturated/α-hetero) is 1. The fourth-order valence-electron chi connectivity index (χ4n) is 2.50. The Bertz CT molecular complexity index is 854. The Kier molecular flexibility index (Phi) is 3.86. The Labute approximate surface area is 133 Å². The SMILES string of the molecule is CC(=O)Cc1cc(C)c2nc(Nc3ccccc3Cl)[nH]c2c1. The van der Waals surface area contributed by atoms with Gasteiger partial charge in [-0.1, -0.05) is 29.8 Å². The first-order valence-corrected chi connectivity index (χ1v) is 7.41. The number of aromatic nitrogens is 2. The lowest BCUT2D eigenvalue weighted by Gasteiger charge is -2.03. The first kappa shape index (κ1) is 14.6. The quantitative estimate of drug-likeness (QED) is 0.750. The maximum absolute atomic E-state index is 11.3. The Hall–Kier alpha value is -2.33. The van der Waals surface area contributed by atoms with Gasteiger partial charge in [-0.3, -0.25) is 4.79 Å². The highest BCUT2D eigenvalue weighted by Crippen LogP contribution is 2.26. The average molecular weight is 314 g/mol. The van der Waals surface area contributed by atoms with Crippen molar-refractivity contribution in [2.24, 2.45) is 0 Å². The van der Waals surface area contributed by atoms with Crippen molar-refractivity contribution in [2.75, 3.05) is 5.32 Å². The molecule has 0 aliphatic rings. The molecule has 2 aromatic carbocycles. The van der Waals surface area contributed by atoms with Gasteiger partial charge in [0.05, 0.1) is 21.7 Å². The number of H-pyrrole nitrogens is 1. The lowest BCUT2D eigenvalue weighted by atomic mass is 10.1. The molecule has 1 aromatic heterocycles. The number of hydrogen-bond donors (Lipinski definition) is 2. The Balaban J connectivity index is 1.97. The van der Waals surface area contributed by atoms with Gasteiger partial charge in [-0.05, 0) is 43.2 Å². The van der Waals surface area contributed by atoms with Gasteiger partial charge in [0, 0.05) is 6.42 Å². The Morgan fingerprint density at radius 3 is 2.82 bits per heavy atom. The number of para-hydroxylation sites is 1. The number of nitrogens with zero attached hydrogens (tertiary/aromatic N) is 1. The highest BCUT2D eigenvalue weighted by molar-refractivity contribution is 6.33. The number of nitrogens with one attached hydrogen (secondary N) is 2. The van der Waals surface area contributed by atoms with Gasteiger partial charge < -0.3 is 10.3 Å². The minimum atomic E-state index is 0.146. The molecular weight excluding hydrogens is 298 g/mol. The lowest BCUT2D eigenvalue weighted by molar-refractivity contribution is -0.116. The van der Waals surface area contributed by atoms with Crippen molar-refractivity contribution in [1.29, 1.82) is 0 Å². The van der Waals surface area contributed by atoms with E-state index in [1.807, 2.05) is 43.3 Å². The molecule has 0 unspecified atom stereocenters. The molecule has 0 saturated heterocycles. The summed E-state index contributed by atoms with van der Waals surface area (Å²) in [5, 5.41) is 3.82. The summed E-state index contributed by atoms with van der Waals surface area (Å²) in [5.41, 5.74) is 4.63. The predicted octanol–water partition coefficient (Wildman–Crippen LogP) is 4.40. The van der Waals surface area contributed by atoms with Crippen LogP contribution in [-0.4, -0.2) is 15.8 Å². The molecule has 5 heteroatoms. The molecule has 0 aliphatic heterocycles. The number of hydrogen-bond acceptors (Lipinski definition) is 3. The van der Waals surface area contributed by atoms with Gasteiger partial charge in [-0.25, -0.2) is 4.98 Å². The monoisotopic (exact) mass is 313 g/mol. The summed E-state index contributed by atoms with van der Waals surface area (Å²) in [5.74, 6) is 0.777. The van der Waals surface area contributed by atoms with Crippen LogP contribution in [-0.2, 0) is 11.2 Å². The first-order valence-electron chi connectivity index (χ1n) is 7.03. The van der Waals surface area contributed by atoms with Crippen molar-refractivity contribution < 1.29 is 4.79 Å². The van der Waals surface area contributed by atoms with E-state index < -0.39 is 0 Å². The van der Waals surface area contributed by atoms with Gasteiger partial charge >= 0.3 is 0 Å². The summed E-state index contributed by atoms with van der Waals surface area (Å²) in [4.78, 5) is 19.1. The van der Waals surface area contributed by atoms with E-state index in [2.05, 4.69) is 15.3 Å². The van der Waals surface area contributed by atoms with E-state index in [0.717, 1.165) is 27.8 Å². The number of aromatic amines is 1. The molecule has 0 saturated carbocycles. The molecule has 0 radical (unpaired) electrons. The number of ketones is 1.